The number of amides is 1. The Morgan fingerprint density at radius 1 is 1.26 bits per heavy atom. The molecule has 0 unspecified atom stereocenters. The van der Waals surface area contributed by atoms with E-state index >= 15 is 0 Å². The van der Waals surface area contributed by atoms with E-state index in [0.717, 1.165) is 22.6 Å². The third-order valence-electron chi connectivity index (χ3n) is 3.01. The Kier molecular flexibility index (Phi) is 3.80. The van der Waals surface area contributed by atoms with Crippen molar-refractivity contribution in [3.63, 3.8) is 0 Å². The van der Waals surface area contributed by atoms with Crippen LogP contribution in [0.4, 0.5) is 5.69 Å². The molecule has 1 heterocycles. The molecule has 19 heavy (non-hydrogen) atoms. The molecule has 0 aliphatic heterocycles. The van der Waals surface area contributed by atoms with Crippen molar-refractivity contribution in [2.45, 2.75) is 13.8 Å². The molecule has 1 amide bonds. The van der Waals surface area contributed by atoms with Gasteiger partial charge in [0.1, 0.15) is 0 Å². The predicted octanol–water partition coefficient (Wildman–Crippen LogP) is 2.69. The zero-order chi connectivity index (χ0) is 13.8. The van der Waals surface area contributed by atoms with Crippen molar-refractivity contribution in [1.29, 1.82) is 0 Å². The number of nitrogens with zero attached hydrogens (tertiary/aromatic N) is 2. The molecule has 1 aromatic heterocycles. The Hall–Kier alpha value is -2.36. The molecule has 0 fully saturated rings. The summed E-state index contributed by atoms with van der Waals surface area (Å²) in [7, 11) is 1.89. The molecule has 4 nitrogen and oxygen atoms in total. The van der Waals surface area contributed by atoms with E-state index in [1.807, 2.05) is 55.9 Å². The first kappa shape index (κ1) is 13.1. The zero-order valence-electron chi connectivity index (χ0n) is 11.3. The lowest BCUT2D eigenvalue weighted by molar-refractivity contribution is -0.111. The van der Waals surface area contributed by atoms with E-state index in [-0.39, 0.29) is 5.91 Å². The van der Waals surface area contributed by atoms with Crippen LogP contribution in [0.5, 0.6) is 0 Å². The van der Waals surface area contributed by atoms with Gasteiger partial charge in [0.2, 0.25) is 5.91 Å². The molecule has 0 aliphatic carbocycles. The van der Waals surface area contributed by atoms with E-state index in [1.165, 1.54) is 6.08 Å². The third-order valence-corrected chi connectivity index (χ3v) is 3.01. The van der Waals surface area contributed by atoms with E-state index in [4.69, 9.17) is 0 Å². The SMILES string of the molecule is Cc1nn(C)c(C)c1/C=C/C(=O)Nc1ccccc1. The fraction of sp³-hybridized carbons (Fsp3) is 0.200. The molecule has 1 aromatic carbocycles. The summed E-state index contributed by atoms with van der Waals surface area (Å²) in [5.74, 6) is -0.145. The lowest BCUT2D eigenvalue weighted by atomic mass is 10.2. The summed E-state index contributed by atoms with van der Waals surface area (Å²) in [6, 6.07) is 9.38. The van der Waals surface area contributed by atoms with Crippen molar-refractivity contribution in [3.05, 3.63) is 53.4 Å². The summed E-state index contributed by atoms with van der Waals surface area (Å²) in [6.45, 7) is 3.91. The van der Waals surface area contributed by atoms with Gasteiger partial charge in [-0.15, -0.1) is 0 Å². The average molecular weight is 255 g/mol. The first-order valence-electron chi connectivity index (χ1n) is 6.12. The number of nitrogens with one attached hydrogen (secondary N) is 1. The van der Waals surface area contributed by atoms with Crippen LogP contribution in [0.25, 0.3) is 6.08 Å². The topological polar surface area (TPSA) is 46.9 Å². The van der Waals surface area contributed by atoms with Crippen LogP contribution in [-0.2, 0) is 11.8 Å². The van der Waals surface area contributed by atoms with Crippen molar-refractivity contribution in [2.75, 3.05) is 5.32 Å². The number of carbonyl (C=O) groups is 1. The fourth-order valence-electron chi connectivity index (χ4n) is 1.90. The summed E-state index contributed by atoms with van der Waals surface area (Å²) in [5, 5.41) is 7.11. The van der Waals surface area contributed by atoms with E-state index < -0.39 is 0 Å². The Balaban J connectivity index is 2.08. The largest absolute Gasteiger partial charge is 0.323 e. The first-order valence-corrected chi connectivity index (χ1v) is 6.12. The molecular formula is C15H17N3O. The number of aromatic nitrogens is 2. The molecule has 0 bridgehead atoms. The molecule has 0 aliphatic rings. The van der Waals surface area contributed by atoms with Gasteiger partial charge in [0.15, 0.2) is 0 Å². The highest BCUT2D eigenvalue weighted by atomic mass is 16.1. The van der Waals surface area contributed by atoms with E-state index in [1.54, 1.807) is 6.08 Å². The standard InChI is InChI=1S/C15H17N3O/c1-11-14(12(2)18(3)17-11)9-10-15(19)16-13-7-5-4-6-8-13/h4-10H,1-3H3,(H,16,19)/b10-9+. The molecule has 2 rings (SSSR count). The van der Waals surface area contributed by atoms with Crippen molar-refractivity contribution in [3.8, 4) is 0 Å². The minimum Gasteiger partial charge on any atom is -0.323 e. The summed E-state index contributed by atoms with van der Waals surface area (Å²) < 4.78 is 1.81. The molecule has 2 aromatic rings. The van der Waals surface area contributed by atoms with Crippen LogP contribution >= 0.6 is 0 Å². The van der Waals surface area contributed by atoms with Gasteiger partial charge in [0.05, 0.1) is 5.69 Å². The number of benzene rings is 1. The molecule has 98 valence electrons. The maximum atomic E-state index is 11.8. The van der Waals surface area contributed by atoms with Gasteiger partial charge in [-0.2, -0.15) is 5.10 Å². The van der Waals surface area contributed by atoms with E-state index in [9.17, 15) is 4.79 Å². The molecule has 0 atom stereocenters. The Morgan fingerprint density at radius 2 is 1.95 bits per heavy atom. The number of aryl methyl sites for hydroxylation is 2. The minimum absolute atomic E-state index is 0.145. The maximum Gasteiger partial charge on any atom is 0.248 e. The van der Waals surface area contributed by atoms with Gasteiger partial charge >= 0.3 is 0 Å². The number of anilines is 1. The smallest absolute Gasteiger partial charge is 0.248 e. The molecule has 0 saturated heterocycles. The second-order valence-corrected chi connectivity index (χ2v) is 4.40. The van der Waals surface area contributed by atoms with Gasteiger partial charge in [-0.25, -0.2) is 0 Å². The lowest BCUT2D eigenvalue weighted by Gasteiger charge is -2.00. The average Bonchev–Trinajstić information content (AvgIpc) is 2.62. The zero-order valence-corrected chi connectivity index (χ0v) is 11.3. The van der Waals surface area contributed by atoms with Crippen LogP contribution in [0.1, 0.15) is 17.0 Å². The summed E-state index contributed by atoms with van der Waals surface area (Å²) in [5.41, 5.74) is 3.74. The first-order chi connectivity index (χ1) is 9.08. The highest BCUT2D eigenvalue weighted by molar-refractivity contribution is 6.02. The van der Waals surface area contributed by atoms with Gasteiger partial charge in [0, 0.05) is 30.1 Å². The normalized spacial score (nSPS) is 10.9. The van der Waals surface area contributed by atoms with Gasteiger partial charge < -0.3 is 5.32 Å². The Bertz CT molecular complexity index is 612. The highest BCUT2D eigenvalue weighted by Crippen LogP contribution is 2.13. The Labute approximate surface area is 112 Å². The summed E-state index contributed by atoms with van der Waals surface area (Å²) >= 11 is 0. The summed E-state index contributed by atoms with van der Waals surface area (Å²) in [4.78, 5) is 11.8. The van der Waals surface area contributed by atoms with Crippen molar-refractivity contribution < 1.29 is 4.79 Å². The number of hydrogen-bond acceptors (Lipinski definition) is 2. The quantitative estimate of drug-likeness (QED) is 0.857. The van der Waals surface area contributed by atoms with Crippen LogP contribution in [0.15, 0.2) is 36.4 Å². The molecular weight excluding hydrogens is 238 g/mol. The lowest BCUT2D eigenvalue weighted by Crippen LogP contribution is -2.07. The maximum absolute atomic E-state index is 11.8. The van der Waals surface area contributed by atoms with Crippen molar-refractivity contribution in [1.82, 2.24) is 9.78 Å². The number of para-hydroxylation sites is 1. The van der Waals surface area contributed by atoms with Gasteiger partial charge in [-0.05, 0) is 32.1 Å². The van der Waals surface area contributed by atoms with Crippen molar-refractivity contribution >= 4 is 17.7 Å². The van der Waals surface area contributed by atoms with Crippen LogP contribution in [0, 0.1) is 13.8 Å². The Morgan fingerprint density at radius 3 is 2.53 bits per heavy atom. The minimum atomic E-state index is -0.145. The fourth-order valence-corrected chi connectivity index (χ4v) is 1.90. The molecule has 4 heteroatoms. The third kappa shape index (κ3) is 3.10. The molecule has 0 spiro atoms. The highest BCUT2D eigenvalue weighted by Gasteiger charge is 2.06. The second kappa shape index (κ2) is 5.52. The predicted molar refractivity (Wildman–Crippen MR) is 76.8 cm³/mol. The molecule has 1 N–H and O–H groups in total. The van der Waals surface area contributed by atoms with Gasteiger partial charge in [-0.3, -0.25) is 9.48 Å². The number of rotatable bonds is 3. The van der Waals surface area contributed by atoms with Crippen LogP contribution in [-0.4, -0.2) is 15.7 Å². The van der Waals surface area contributed by atoms with Crippen LogP contribution in [0.3, 0.4) is 0 Å². The van der Waals surface area contributed by atoms with Gasteiger partial charge in [0.25, 0.3) is 0 Å². The van der Waals surface area contributed by atoms with Crippen LogP contribution in [0.2, 0.25) is 0 Å². The molecule has 0 saturated carbocycles. The van der Waals surface area contributed by atoms with Crippen molar-refractivity contribution in [2.24, 2.45) is 7.05 Å². The van der Waals surface area contributed by atoms with Gasteiger partial charge in [-0.1, -0.05) is 18.2 Å². The second-order valence-electron chi connectivity index (χ2n) is 4.40. The number of hydrogen-bond donors (Lipinski definition) is 1. The monoisotopic (exact) mass is 255 g/mol. The summed E-state index contributed by atoms with van der Waals surface area (Å²) in [6.07, 6.45) is 3.33. The van der Waals surface area contributed by atoms with E-state index in [2.05, 4.69) is 10.4 Å². The van der Waals surface area contributed by atoms with Crippen LogP contribution < -0.4 is 5.32 Å². The number of carbonyl (C=O) groups excluding carboxylic acids is 1. The molecule has 0 radical (unpaired) electrons. The van der Waals surface area contributed by atoms with E-state index in [0.29, 0.717) is 0 Å².